The number of rotatable bonds is 3. The molecule has 0 aliphatic heterocycles. The molecule has 2 radical (unpaired) electrons. The Hall–Kier alpha value is -2.92. The summed E-state index contributed by atoms with van der Waals surface area (Å²) in [5.41, 5.74) is 13.7. The molecule has 0 spiro atoms. The second kappa shape index (κ2) is 16.9. The fourth-order valence-electron chi connectivity index (χ4n) is 4.03. The largest absolute Gasteiger partial charge is 0.179 e. The molecule has 1 aliphatic rings. The zero-order valence-corrected chi connectivity index (χ0v) is 25.6. The molecule has 194 valence electrons. The van der Waals surface area contributed by atoms with Crippen LogP contribution in [0.2, 0.25) is 0 Å². The molecule has 0 saturated heterocycles. The third-order valence-electron chi connectivity index (χ3n) is 5.84. The van der Waals surface area contributed by atoms with Gasteiger partial charge in [-0.3, -0.25) is 0 Å². The average Bonchev–Trinajstić information content (AvgIpc) is 3.34. The van der Waals surface area contributed by atoms with E-state index < -0.39 is 22.9 Å². The van der Waals surface area contributed by atoms with Crippen molar-refractivity contribution >= 4 is 44.4 Å². The van der Waals surface area contributed by atoms with Gasteiger partial charge < -0.3 is 10.5 Å². The van der Waals surface area contributed by atoms with Crippen LogP contribution in [0.3, 0.4) is 0 Å². The Morgan fingerprint density at radius 3 is 1.82 bits per heavy atom. The van der Waals surface area contributed by atoms with Gasteiger partial charge in [0.2, 0.25) is 0 Å². The molecule has 0 bridgehead atoms. The van der Waals surface area contributed by atoms with Crippen LogP contribution < -0.4 is 10.4 Å². The van der Waals surface area contributed by atoms with Crippen molar-refractivity contribution in [1.82, 2.24) is 0 Å². The minimum Gasteiger partial charge on any atom is -0.179 e. The van der Waals surface area contributed by atoms with Gasteiger partial charge in [-0.15, -0.1) is 5.56 Å². The molecule has 6 rings (SSSR count). The van der Waals surface area contributed by atoms with Crippen molar-refractivity contribution in [2.45, 2.75) is 13.3 Å². The number of amides is 1. The summed E-state index contributed by atoms with van der Waals surface area (Å²) in [6, 6.07) is 46.3. The van der Waals surface area contributed by atoms with Gasteiger partial charge in [0.15, 0.2) is 0 Å². The van der Waals surface area contributed by atoms with E-state index in [1.165, 1.54) is 32.6 Å². The van der Waals surface area contributed by atoms with Gasteiger partial charge in [0.1, 0.15) is 9.52 Å². The number of halogens is 2. The molecule has 1 N–H and O–H groups in total. The third-order valence-corrected chi connectivity index (χ3v) is 7.09. The first-order valence-corrected chi connectivity index (χ1v) is 17.6. The zero-order chi connectivity index (χ0) is 27.9. The van der Waals surface area contributed by atoms with Gasteiger partial charge in [0.05, 0.1) is 5.91 Å². The van der Waals surface area contributed by atoms with Gasteiger partial charge >= 0.3 is 35.6 Å². The smallest absolute Gasteiger partial charge is 0.121 e. The van der Waals surface area contributed by atoms with E-state index >= 15 is 0 Å². The predicted molar refractivity (Wildman–Crippen MR) is 163 cm³/mol. The molecule has 39 heavy (non-hydrogen) atoms. The van der Waals surface area contributed by atoms with Crippen molar-refractivity contribution in [2.24, 2.45) is 0 Å². The number of fused-ring (bicyclic) bond motifs is 3. The van der Waals surface area contributed by atoms with Crippen LogP contribution in [0, 0.1) is 13.0 Å². The van der Waals surface area contributed by atoms with Crippen molar-refractivity contribution in [2.75, 3.05) is 0 Å². The van der Waals surface area contributed by atoms with Gasteiger partial charge in [-0.2, -0.15) is 29.8 Å². The van der Waals surface area contributed by atoms with Crippen LogP contribution in [0.25, 0.3) is 16.9 Å². The summed E-state index contributed by atoms with van der Waals surface area (Å²) in [7, 11) is 10.6. The average molecular weight is 600 g/mol. The first-order chi connectivity index (χ1) is 19.0. The molecule has 1 aliphatic carbocycles. The van der Waals surface area contributed by atoms with Gasteiger partial charge in [-0.25, -0.2) is 0 Å². The van der Waals surface area contributed by atoms with Crippen LogP contribution >= 0.6 is 18.6 Å². The molecule has 5 aromatic rings. The number of aryl methyl sites for hydroxylation is 1. The number of carbonyl (C=O) groups excluding carboxylic acids is 1. The summed E-state index contributed by atoms with van der Waals surface area (Å²) in [6.45, 7) is 1.82. The molecule has 0 fully saturated rings. The first-order valence-electron chi connectivity index (χ1n) is 12.3. The predicted octanol–water partition coefficient (Wildman–Crippen LogP) is 7.96. The fourth-order valence-corrected chi connectivity index (χ4v) is 5.09. The summed E-state index contributed by atoms with van der Waals surface area (Å²) in [5.74, 6) is -0.613. The molecule has 5 aromatic carbocycles. The van der Waals surface area contributed by atoms with E-state index in [0.29, 0.717) is 5.56 Å². The Kier molecular flexibility index (Phi) is 13.3. The van der Waals surface area contributed by atoms with Gasteiger partial charge in [0, 0.05) is 5.56 Å². The molecule has 1 amide bonds. The van der Waals surface area contributed by atoms with Crippen molar-refractivity contribution < 1.29 is 21.8 Å². The summed E-state index contributed by atoms with van der Waals surface area (Å²) in [5, 5.41) is 2.79. The Morgan fingerprint density at radius 1 is 0.744 bits per heavy atom. The number of hydrogen-bond donors (Lipinski definition) is 0. The molecule has 0 unspecified atom stereocenters. The van der Waals surface area contributed by atoms with E-state index in [4.69, 9.17) is 24.3 Å². The SMILES string of the molecule is Cc1ccccc1C([NH-])=O.[Cl][Ti][Cl].[c-]1cccc2c1Cc1ccccc1-2.c1ccc([Si]c2ccccc2)cc1. The van der Waals surface area contributed by atoms with Crippen molar-refractivity contribution in [1.29, 1.82) is 0 Å². The third kappa shape index (κ3) is 9.96. The van der Waals surface area contributed by atoms with E-state index in [1.807, 2.05) is 25.1 Å². The van der Waals surface area contributed by atoms with E-state index in [1.54, 1.807) is 12.1 Å². The van der Waals surface area contributed by atoms with Crippen molar-refractivity contribution in [3.05, 3.63) is 161 Å². The number of nitrogens with one attached hydrogen (secondary N) is 1. The van der Waals surface area contributed by atoms with E-state index in [0.717, 1.165) is 21.5 Å². The van der Waals surface area contributed by atoms with Crippen LogP contribution in [0.4, 0.5) is 0 Å². The minimum atomic E-state index is -0.613. The molecule has 6 heteroatoms. The summed E-state index contributed by atoms with van der Waals surface area (Å²) in [4.78, 5) is 10.5. The van der Waals surface area contributed by atoms with Gasteiger partial charge in [-0.1, -0.05) is 131 Å². The summed E-state index contributed by atoms with van der Waals surface area (Å²) >= 11 is -0.556. The maximum Gasteiger partial charge on any atom is 0.121 e. The van der Waals surface area contributed by atoms with Gasteiger partial charge in [-0.05, 0) is 18.9 Å². The molecule has 0 atom stereocenters. The van der Waals surface area contributed by atoms with Crippen molar-refractivity contribution in [3.63, 3.8) is 0 Å². The first kappa shape index (κ1) is 30.6. The monoisotopic (exact) mass is 599 g/mol. The molecule has 2 nitrogen and oxygen atoms in total. The van der Waals surface area contributed by atoms with E-state index in [-0.39, 0.29) is 0 Å². The second-order valence-electron chi connectivity index (χ2n) is 8.47. The number of hydrogen-bond acceptors (Lipinski definition) is 1. The van der Waals surface area contributed by atoms with Crippen LogP contribution in [0.1, 0.15) is 27.0 Å². The van der Waals surface area contributed by atoms with E-state index in [9.17, 15) is 4.79 Å². The standard InChI is InChI=1S/C13H9.C12H10Si.C8H9NO.2ClH.Ti/c1-3-7-12-10(5-1)9-11-6-2-4-8-13(11)12;1-3-7-11(8-4-1)13-12-9-5-2-6-10-12;1-6-4-2-3-5-7(6)8(9)10;;;/h1-5,7-8H,9H2;1-10H;2-5H,1H3,(H2,9,10);2*1H;/q-1;;;;;+2/p-3. The maximum absolute atomic E-state index is 10.5. The van der Waals surface area contributed by atoms with Gasteiger partial charge in [0.25, 0.3) is 0 Å². The van der Waals surface area contributed by atoms with E-state index in [2.05, 4.69) is 103 Å². The number of benzene rings is 5. The maximum atomic E-state index is 10.5. The molecule has 0 heterocycles. The minimum absolute atomic E-state index is 0.488. The summed E-state index contributed by atoms with van der Waals surface area (Å²) in [6.07, 6.45) is 1.05. The quantitative estimate of drug-likeness (QED) is 0.150. The topological polar surface area (TPSA) is 40.9 Å². The normalized spacial score (nSPS) is 10.1. The second-order valence-corrected chi connectivity index (χ2v) is 12.5. The Morgan fingerprint density at radius 2 is 1.26 bits per heavy atom. The number of carbonyl (C=O) groups is 1. The van der Waals surface area contributed by atoms with Crippen molar-refractivity contribution in [3.8, 4) is 11.1 Å². The Balaban J connectivity index is 0.000000155. The molecule has 0 aromatic heterocycles. The molecule has 0 saturated carbocycles. The Bertz CT molecular complexity index is 1370. The van der Waals surface area contributed by atoms with Crippen LogP contribution in [-0.2, 0) is 23.5 Å². The van der Waals surface area contributed by atoms with Crippen LogP contribution in [0.5, 0.6) is 0 Å². The summed E-state index contributed by atoms with van der Waals surface area (Å²) < 4.78 is 0. The molecular formula is C33H27Cl2NOSiTi-2. The Labute approximate surface area is 250 Å². The van der Waals surface area contributed by atoms with Crippen LogP contribution in [-0.4, -0.2) is 15.4 Å². The molecular weight excluding hydrogens is 573 g/mol. The zero-order valence-electron chi connectivity index (χ0n) is 21.5. The fraction of sp³-hybridized carbons (Fsp3) is 0.0606. The van der Waals surface area contributed by atoms with Crippen LogP contribution in [0.15, 0.2) is 127 Å².